The summed E-state index contributed by atoms with van der Waals surface area (Å²) in [6, 6.07) is 8.29. The molecular weight excluding hydrogens is 449 g/mol. The van der Waals surface area contributed by atoms with E-state index in [0.717, 1.165) is 5.56 Å². The molecule has 2 saturated heterocycles. The van der Waals surface area contributed by atoms with E-state index < -0.39 is 18.0 Å². The van der Waals surface area contributed by atoms with Crippen LogP contribution < -0.4 is 15.1 Å². The Labute approximate surface area is 196 Å². The van der Waals surface area contributed by atoms with E-state index in [9.17, 15) is 9.59 Å². The molecule has 0 spiro atoms. The van der Waals surface area contributed by atoms with Crippen LogP contribution in [0, 0.1) is 5.82 Å². The monoisotopic (exact) mass is 473 g/mol. The van der Waals surface area contributed by atoms with E-state index in [1.165, 1.54) is 17.9 Å². The number of thiocarbonyl (C=S) groups is 1. The van der Waals surface area contributed by atoms with Crippen LogP contribution in [-0.2, 0) is 14.4 Å². The second kappa shape index (κ2) is 10.1. The number of hydroxylamine groups is 2. The number of nitrogens with zero attached hydrogens (tertiary/aromatic N) is 4. The van der Waals surface area contributed by atoms with Crippen LogP contribution in [0.3, 0.4) is 0 Å². The largest absolute Gasteiger partial charge is 0.442 e. The maximum absolute atomic E-state index is 15.1. The summed E-state index contributed by atoms with van der Waals surface area (Å²) in [7, 11) is 0. The molecule has 4 rings (SSSR count). The Morgan fingerprint density at radius 3 is 2.76 bits per heavy atom. The van der Waals surface area contributed by atoms with Crippen molar-refractivity contribution in [2.75, 3.05) is 49.1 Å². The number of hydrogen-bond donors (Lipinski definition) is 1. The van der Waals surface area contributed by atoms with Crippen molar-refractivity contribution >= 4 is 40.6 Å². The van der Waals surface area contributed by atoms with Crippen LogP contribution in [0.5, 0.6) is 0 Å². The van der Waals surface area contributed by atoms with Crippen LogP contribution in [0.2, 0.25) is 0 Å². The molecule has 0 saturated carbocycles. The smallest absolute Gasteiger partial charge is 0.414 e. The van der Waals surface area contributed by atoms with E-state index in [-0.39, 0.29) is 19.0 Å². The fourth-order valence-corrected chi connectivity index (χ4v) is 3.99. The van der Waals surface area contributed by atoms with Crippen LogP contribution >= 0.6 is 12.2 Å². The number of hydrogen-bond acceptors (Lipinski definition) is 7. The molecule has 2 fully saturated rings. The predicted molar refractivity (Wildman–Crippen MR) is 124 cm³/mol. The van der Waals surface area contributed by atoms with Gasteiger partial charge in [-0.15, -0.1) is 0 Å². The fourth-order valence-electron chi connectivity index (χ4n) is 3.71. The summed E-state index contributed by atoms with van der Waals surface area (Å²) in [6.45, 7) is 3.63. The van der Waals surface area contributed by atoms with Gasteiger partial charge in [0.25, 0.3) is 0 Å². The van der Waals surface area contributed by atoms with Gasteiger partial charge in [-0.05, 0) is 30.3 Å². The molecule has 11 heteroatoms. The Hall–Kier alpha value is -3.31. The van der Waals surface area contributed by atoms with Gasteiger partial charge in [0.1, 0.15) is 16.9 Å². The zero-order valence-electron chi connectivity index (χ0n) is 18.1. The number of amides is 2. The van der Waals surface area contributed by atoms with E-state index in [4.69, 9.17) is 21.8 Å². The molecule has 3 heterocycles. The van der Waals surface area contributed by atoms with Crippen LogP contribution in [-0.4, -0.2) is 72.5 Å². The van der Waals surface area contributed by atoms with Crippen molar-refractivity contribution in [2.45, 2.75) is 13.0 Å². The van der Waals surface area contributed by atoms with E-state index in [1.54, 1.807) is 29.6 Å². The van der Waals surface area contributed by atoms with Crippen LogP contribution in [0.1, 0.15) is 12.5 Å². The van der Waals surface area contributed by atoms with Gasteiger partial charge in [0.05, 0.1) is 37.6 Å². The number of carbonyl (C=O) groups excluding carboxylic acids is 2. The van der Waals surface area contributed by atoms with E-state index >= 15 is 4.39 Å². The third-order valence-electron chi connectivity index (χ3n) is 5.37. The highest BCUT2D eigenvalue weighted by Gasteiger charge is 2.33. The first-order chi connectivity index (χ1) is 15.9. The van der Waals surface area contributed by atoms with Crippen LogP contribution in [0.25, 0.3) is 0 Å². The molecule has 33 heavy (non-hydrogen) atoms. The molecule has 174 valence electrons. The average Bonchev–Trinajstić information content (AvgIpc) is 3.02. The van der Waals surface area contributed by atoms with Crippen molar-refractivity contribution in [3.05, 3.63) is 54.1 Å². The maximum Gasteiger partial charge on any atom is 0.414 e. The van der Waals surface area contributed by atoms with E-state index in [1.807, 2.05) is 17.0 Å². The number of nitrogens with one attached hydrogen (secondary N) is 1. The second-order valence-corrected chi connectivity index (χ2v) is 8.04. The van der Waals surface area contributed by atoms with E-state index in [0.29, 0.717) is 42.6 Å². The summed E-state index contributed by atoms with van der Waals surface area (Å²) in [6.07, 6.45) is 2.28. The molecular formula is C22H24FN5O4S. The van der Waals surface area contributed by atoms with Gasteiger partial charge in [0.15, 0.2) is 0 Å². The number of rotatable bonds is 5. The number of carbonyl (C=O) groups is 2. The molecule has 2 aromatic rings. The standard InChI is InChI=1S/C22H24FN5O4S/c1-15(29)25-13-18-14-27(22(30)32-18)17-2-3-20(19(23)12-17)26-8-9-28(31-11-10-26)21(33)16-4-6-24-7-5-16/h2-7,12,18H,8-11,13-14H2,1H3,(H,25,29)/t18-/m0/s1. The minimum atomic E-state index is -0.569. The quantitative estimate of drug-likeness (QED) is 0.661. The molecule has 0 aliphatic carbocycles. The van der Waals surface area contributed by atoms with Gasteiger partial charge >= 0.3 is 6.09 Å². The maximum atomic E-state index is 15.1. The van der Waals surface area contributed by atoms with Crippen molar-refractivity contribution in [3.8, 4) is 0 Å². The fraction of sp³-hybridized carbons (Fsp3) is 0.364. The van der Waals surface area contributed by atoms with Gasteiger partial charge < -0.3 is 15.0 Å². The Morgan fingerprint density at radius 2 is 2.03 bits per heavy atom. The molecule has 2 aliphatic heterocycles. The van der Waals surface area contributed by atoms with Crippen molar-refractivity contribution in [3.63, 3.8) is 0 Å². The summed E-state index contributed by atoms with van der Waals surface area (Å²) >= 11 is 5.52. The SMILES string of the molecule is CC(=O)NC[C@H]1CN(c2ccc(N3CCON(C(=S)c4ccncc4)CC3)c(F)c2)C(=O)O1. The van der Waals surface area contributed by atoms with Gasteiger partial charge in [-0.3, -0.25) is 19.5 Å². The van der Waals surface area contributed by atoms with Gasteiger partial charge in [0.2, 0.25) is 5.91 Å². The van der Waals surface area contributed by atoms with Gasteiger partial charge in [0, 0.05) is 38.0 Å². The molecule has 1 atom stereocenters. The van der Waals surface area contributed by atoms with Crippen molar-refractivity contribution in [1.29, 1.82) is 0 Å². The highest BCUT2D eigenvalue weighted by molar-refractivity contribution is 7.80. The molecule has 0 radical (unpaired) electrons. The van der Waals surface area contributed by atoms with Crippen molar-refractivity contribution < 1.29 is 23.6 Å². The summed E-state index contributed by atoms with van der Waals surface area (Å²) in [5.41, 5.74) is 1.65. The molecule has 2 aliphatic rings. The number of pyridine rings is 1. The Bertz CT molecular complexity index is 1040. The Kier molecular flexibility index (Phi) is 6.99. The lowest BCUT2D eigenvalue weighted by molar-refractivity contribution is -0.119. The number of anilines is 2. The van der Waals surface area contributed by atoms with Crippen LogP contribution in [0.15, 0.2) is 42.7 Å². The lowest BCUT2D eigenvalue weighted by Crippen LogP contribution is -2.34. The summed E-state index contributed by atoms with van der Waals surface area (Å²) < 4.78 is 20.3. The third kappa shape index (κ3) is 5.37. The number of aromatic nitrogens is 1. The molecule has 0 bridgehead atoms. The first kappa shape index (κ1) is 22.9. The number of ether oxygens (including phenoxy) is 1. The zero-order valence-corrected chi connectivity index (χ0v) is 18.9. The highest BCUT2D eigenvalue weighted by Crippen LogP contribution is 2.28. The van der Waals surface area contributed by atoms with Gasteiger partial charge in [-0.25, -0.2) is 14.2 Å². The second-order valence-electron chi connectivity index (χ2n) is 7.65. The summed E-state index contributed by atoms with van der Waals surface area (Å²) in [5, 5.41) is 4.26. The lowest BCUT2D eigenvalue weighted by atomic mass is 10.2. The average molecular weight is 474 g/mol. The molecule has 1 aromatic heterocycles. The molecule has 0 unspecified atom stereocenters. The minimum absolute atomic E-state index is 0.207. The van der Waals surface area contributed by atoms with Crippen LogP contribution in [0.4, 0.5) is 20.6 Å². The summed E-state index contributed by atoms with van der Waals surface area (Å²) in [4.78, 5) is 36.9. The van der Waals surface area contributed by atoms with Gasteiger partial charge in [-0.2, -0.15) is 0 Å². The van der Waals surface area contributed by atoms with Gasteiger partial charge in [-0.1, -0.05) is 12.2 Å². The molecule has 1 aromatic carbocycles. The first-order valence-corrected chi connectivity index (χ1v) is 10.9. The predicted octanol–water partition coefficient (Wildman–Crippen LogP) is 2.11. The van der Waals surface area contributed by atoms with Crippen molar-refractivity contribution in [2.24, 2.45) is 0 Å². The van der Waals surface area contributed by atoms with Crippen molar-refractivity contribution in [1.82, 2.24) is 15.4 Å². The molecule has 9 nitrogen and oxygen atoms in total. The third-order valence-corrected chi connectivity index (χ3v) is 5.81. The Balaban J connectivity index is 1.40. The van der Waals surface area contributed by atoms with E-state index in [2.05, 4.69) is 10.3 Å². The lowest BCUT2D eigenvalue weighted by Gasteiger charge is -2.24. The highest BCUT2D eigenvalue weighted by atomic mass is 32.1. The Morgan fingerprint density at radius 1 is 1.24 bits per heavy atom. The zero-order chi connectivity index (χ0) is 23.4. The number of halogens is 1. The first-order valence-electron chi connectivity index (χ1n) is 10.5. The topological polar surface area (TPSA) is 87.2 Å². The number of cyclic esters (lactones) is 1. The summed E-state index contributed by atoms with van der Waals surface area (Å²) in [5.74, 6) is -0.655. The normalized spacial score (nSPS) is 18.7. The molecule has 2 amide bonds. The number of benzene rings is 1. The minimum Gasteiger partial charge on any atom is -0.442 e. The molecule has 1 N–H and O–H groups in total.